The summed E-state index contributed by atoms with van der Waals surface area (Å²) in [4.78, 5) is 49.2. The van der Waals surface area contributed by atoms with Crippen LogP contribution in [0.4, 0.5) is 0 Å². The highest BCUT2D eigenvalue weighted by atomic mass is 31.2. The SMILES string of the molecule is C=CC(CP(=O)(O)O)(P(=O)(O)O)P(=O)(O)O. The summed E-state index contributed by atoms with van der Waals surface area (Å²) in [5, 5.41) is 0. The first-order chi connectivity index (χ1) is 6.77. The summed E-state index contributed by atoms with van der Waals surface area (Å²) < 4.78 is 32.7. The van der Waals surface area contributed by atoms with Crippen molar-refractivity contribution in [3.05, 3.63) is 12.7 Å². The second-order valence-electron chi connectivity index (χ2n) is 2.99. The van der Waals surface area contributed by atoms with Crippen LogP contribution in [0.3, 0.4) is 0 Å². The van der Waals surface area contributed by atoms with Gasteiger partial charge in [-0.25, -0.2) is 0 Å². The fourth-order valence-electron chi connectivity index (χ4n) is 0.959. The fraction of sp³-hybridized carbons (Fsp3) is 0.500. The second kappa shape index (κ2) is 4.46. The van der Waals surface area contributed by atoms with Gasteiger partial charge in [0, 0.05) is 0 Å². The molecule has 0 saturated heterocycles. The Labute approximate surface area is 90.3 Å². The molecule has 0 aliphatic rings. The van der Waals surface area contributed by atoms with Crippen LogP contribution in [0.15, 0.2) is 12.7 Å². The van der Waals surface area contributed by atoms with Crippen molar-refractivity contribution in [2.24, 2.45) is 0 Å². The Morgan fingerprint density at radius 3 is 1.31 bits per heavy atom. The monoisotopic (exact) mass is 296 g/mol. The Hall–Kier alpha value is 0.190. The van der Waals surface area contributed by atoms with Gasteiger partial charge in [0.25, 0.3) is 0 Å². The molecule has 0 aliphatic heterocycles. The zero-order valence-electron chi connectivity index (χ0n) is 7.74. The Morgan fingerprint density at radius 1 is 0.938 bits per heavy atom. The molecule has 0 rings (SSSR count). The quantitative estimate of drug-likeness (QED) is 0.286. The number of rotatable bonds is 5. The van der Waals surface area contributed by atoms with Crippen molar-refractivity contribution in [2.75, 3.05) is 6.16 Å². The number of hydrogen-bond acceptors (Lipinski definition) is 3. The lowest BCUT2D eigenvalue weighted by molar-refractivity contribution is 0.316. The van der Waals surface area contributed by atoms with E-state index in [0.717, 1.165) is 0 Å². The molecule has 0 atom stereocenters. The Bertz CT molecular complexity index is 386. The molecule has 0 heterocycles. The van der Waals surface area contributed by atoms with E-state index in [1.54, 1.807) is 0 Å². The lowest BCUT2D eigenvalue weighted by atomic mass is 10.4. The van der Waals surface area contributed by atoms with Crippen LogP contribution in [-0.4, -0.2) is 40.4 Å². The third kappa shape index (κ3) is 3.34. The van der Waals surface area contributed by atoms with Crippen LogP contribution in [0.5, 0.6) is 0 Å². The van der Waals surface area contributed by atoms with Crippen LogP contribution in [0.2, 0.25) is 0 Å². The summed E-state index contributed by atoms with van der Waals surface area (Å²) in [6, 6.07) is 0. The van der Waals surface area contributed by atoms with Gasteiger partial charge < -0.3 is 29.4 Å². The molecular formula is C4H11O9P3. The standard InChI is InChI=1S/C4H11O9P3/c1-2-4(15(8,9)10,16(11,12)13)3-14(5,6)7/h2H,1,3H2,(H2,5,6,7)(H2,8,9,10)(H2,11,12,13). The second-order valence-corrected chi connectivity index (χ2v) is 8.76. The van der Waals surface area contributed by atoms with Crippen molar-refractivity contribution in [3.8, 4) is 0 Å². The first-order valence-corrected chi connectivity index (χ1v) is 8.58. The molecule has 0 fully saturated rings. The number of allylic oxidation sites excluding steroid dienone is 1. The van der Waals surface area contributed by atoms with Gasteiger partial charge in [-0.05, 0) is 0 Å². The predicted molar refractivity (Wildman–Crippen MR) is 53.9 cm³/mol. The highest BCUT2D eigenvalue weighted by molar-refractivity contribution is 7.74. The van der Waals surface area contributed by atoms with Crippen LogP contribution in [-0.2, 0) is 13.7 Å². The van der Waals surface area contributed by atoms with Gasteiger partial charge in [-0.3, -0.25) is 13.7 Å². The van der Waals surface area contributed by atoms with Gasteiger partial charge in [-0.15, -0.1) is 6.58 Å². The minimum Gasteiger partial charge on any atom is -0.324 e. The Kier molecular flexibility index (Phi) is 4.51. The minimum absolute atomic E-state index is 0.188. The molecule has 12 heteroatoms. The molecule has 9 nitrogen and oxygen atoms in total. The zero-order chi connectivity index (χ0) is 13.4. The van der Waals surface area contributed by atoms with E-state index in [0.29, 0.717) is 0 Å². The average molecular weight is 296 g/mol. The van der Waals surface area contributed by atoms with E-state index in [1.165, 1.54) is 0 Å². The van der Waals surface area contributed by atoms with Crippen molar-refractivity contribution in [1.82, 2.24) is 0 Å². The Balaban J connectivity index is 5.90. The normalized spacial score (nSPS) is 14.9. The van der Waals surface area contributed by atoms with Crippen molar-refractivity contribution in [2.45, 2.75) is 4.90 Å². The largest absolute Gasteiger partial charge is 0.348 e. The molecule has 0 aromatic heterocycles. The van der Waals surface area contributed by atoms with Gasteiger partial charge in [0.2, 0.25) is 4.90 Å². The van der Waals surface area contributed by atoms with Gasteiger partial charge in [-0.2, -0.15) is 0 Å². The van der Waals surface area contributed by atoms with E-state index in [1.807, 2.05) is 0 Å². The molecule has 0 unspecified atom stereocenters. The van der Waals surface area contributed by atoms with E-state index in [2.05, 4.69) is 6.58 Å². The molecule has 16 heavy (non-hydrogen) atoms. The molecule has 0 aliphatic carbocycles. The highest BCUT2D eigenvalue weighted by Crippen LogP contribution is 2.72. The maximum atomic E-state index is 11.0. The Morgan fingerprint density at radius 2 is 1.25 bits per heavy atom. The van der Waals surface area contributed by atoms with Gasteiger partial charge in [0.1, 0.15) is 0 Å². The lowest BCUT2D eigenvalue weighted by Crippen LogP contribution is -2.30. The summed E-state index contributed by atoms with van der Waals surface area (Å²) in [5.41, 5.74) is 0. The summed E-state index contributed by atoms with van der Waals surface area (Å²) >= 11 is 0. The van der Waals surface area contributed by atoms with Crippen molar-refractivity contribution < 1.29 is 43.1 Å². The van der Waals surface area contributed by atoms with Crippen molar-refractivity contribution in [3.63, 3.8) is 0 Å². The van der Waals surface area contributed by atoms with Gasteiger partial charge in [0.15, 0.2) is 0 Å². The van der Waals surface area contributed by atoms with E-state index in [4.69, 9.17) is 29.4 Å². The van der Waals surface area contributed by atoms with Crippen LogP contribution in [0, 0.1) is 0 Å². The smallest absolute Gasteiger partial charge is 0.324 e. The van der Waals surface area contributed by atoms with Crippen molar-refractivity contribution >= 4 is 22.8 Å². The summed E-state index contributed by atoms with van der Waals surface area (Å²) in [6.07, 6.45) is -1.49. The molecule has 0 aromatic rings. The zero-order valence-corrected chi connectivity index (χ0v) is 10.4. The topological polar surface area (TPSA) is 173 Å². The van der Waals surface area contributed by atoms with Crippen molar-refractivity contribution in [1.29, 1.82) is 0 Å². The van der Waals surface area contributed by atoms with Gasteiger partial charge in [0.05, 0.1) is 6.16 Å². The molecule has 0 radical (unpaired) electrons. The molecular weight excluding hydrogens is 285 g/mol. The summed E-state index contributed by atoms with van der Waals surface area (Å²) in [6.45, 7) is 2.82. The molecule has 0 amide bonds. The molecule has 0 spiro atoms. The van der Waals surface area contributed by atoms with Crippen LogP contribution >= 0.6 is 22.8 Å². The summed E-state index contributed by atoms with van der Waals surface area (Å²) in [7, 11) is -16.0. The van der Waals surface area contributed by atoms with E-state index >= 15 is 0 Å². The fourth-order valence-corrected chi connectivity index (χ4v) is 6.11. The average Bonchev–Trinajstić information content (AvgIpc) is 1.93. The van der Waals surface area contributed by atoms with Crippen LogP contribution in [0.25, 0.3) is 0 Å². The maximum Gasteiger partial charge on any atom is 0.348 e. The van der Waals surface area contributed by atoms with E-state index < -0.39 is 33.8 Å². The third-order valence-electron chi connectivity index (χ3n) is 1.77. The molecule has 0 aromatic carbocycles. The van der Waals surface area contributed by atoms with E-state index in [9.17, 15) is 13.7 Å². The molecule has 6 N–H and O–H groups in total. The molecule has 0 saturated carbocycles. The predicted octanol–water partition coefficient (Wildman–Crippen LogP) is -0.598. The van der Waals surface area contributed by atoms with Crippen LogP contribution < -0.4 is 0 Å². The van der Waals surface area contributed by atoms with Gasteiger partial charge >= 0.3 is 22.8 Å². The van der Waals surface area contributed by atoms with E-state index in [-0.39, 0.29) is 6.08 Å². The first kappa shape index (κ1) is 16.2. The third-order valence-corrected chi connectivity index (χ3v) is 7.45. The molecule has 96 valence electrons. The summed E-state index contributed by atoms with van der Waals surface area (Å²) in [5.74, 6) is 0. The molecule has 0 bridgehead atoms. The van der Waals surface area contributed by atoms with Gasteiger partial charge in [-0.1, -0.05) is 6.08 Å². The van der Waals surface area contributed by atoms with Crippen LogP contribution in [0.1, 0.15) is 0 Å². The highest BCUT2D eigenvalue weighted by Gasteiger charge is 2.60. The minimum atomic E-state index is -5.50. The lowest BCUT2D eigenvalue weighted by Gasteiger charge is -2.31. The maximum absolute atomic E-state index is 11.0. The first-order valence-electron chi connectivity index (χ1n) is 3.56. The number of hydrogen-bond donors (Lipinski definition) is 6.